The van der Waals surface area contributed by atoms with Crippen molar-refractivity contribution in [2.24, 2.45) is 0 Å². The Morgan fingerprint density at radius 2 is 1.08 bits per heavy atom. The SMILES string of the molecule is Cc1ccccc1-c1c2ccccc2c(B(O)O)c2ccccc12. The molecule has 3 heteroatoms. The Kier molecular flexibility index (Phi) is 3.60. The largest absolute Gasteiger partial charge is 0.489 e. The van der Waals surface area contributed by atoms with E-state index in [1.807, 2.05) is 48.5 Å². The minimum atomic E-state index is -1.51. The minimum absolute atomic E-state index is 0.568. The van der Waals surface area contributed by atoms with E-state index >= 15 is 0 Å². The van der Waals surface area contributed by atoms with Crippen molar-refractivity contribution in [1.29, 1.82) is 0 Å². The molecule has 4 aromatic carbocycles. The Morgan fingerprint density at radius 1 is 0.625 bits per heavy atom. The molecule has 0 bridgehead atoms. The number of hydrogen-bond donors (Lipinski definition) is 2. The van der Waals surface area contributed by atoms with Crippen molar-refractivity contribution >= 4 is 34.1 Å². The number of benzene rings is 4. The van der Waals surface area contributed by atoms with E-state index in [-0.39, 0.29) is 0 Å². The summed E-state index contributed by atoms with van der Waals surface area (Å²) in [6, 6.07) is 24.2. The molecule has 0 radical (unpaired) electrons. The molecule has 0 aromatic heterocycles. The van der Waals surface area contributed by atoms with Gasteiger partial charge in [-0.05, 0) is 50.6 Å². The first kappa shape index (κ1) is 14.9. The van der Waals surface area contributed by atoms with E-state index in [1.54, 1.807) is 0 Å². The normalized spacial score (nSPS) is 11.1. The quantitative estimate of drug-likeness (QED) is 0.438. The fourth-order valence-corrected chi connectivity index (χ4v) is 3.58. The molecule has 0 aliphatic rings. The molecule has 0 saturated carbocycles. The maximum Gasteiger partial charge on any atom is 0.489 e. The van der Waals surface area contributed by atoms with Crippen molar-refractivity contribution in [3.63, 3.8) is 0 Å². The first-order valence-corrected chi connectivity index (χ1v) is 8.04. The molecule has 0 saturated heterocycles. The van der Waals surface area contributed by atoms with Gasteiger partial charge in [-0.3, -0.25) is 0 Å². The fourth-order valence-electron chi connectivity index (χ4n) is 3.58. The minimum Gasteiger partial charge on any atom is -0.423 e. The van der Waals surface area contributed by atoms with Crippen LogP contribution in [0.5, 0.6) is 0 Å². The van der Waals surface area contributed by atoms with Gasteiger partial charge in [-0.1, -0.05) is 72.8 Å². The third-order valence-corrected chi connectivity index (χ3v) is 4.65. The molecule has 0 fully saturated rings. The third-order valence-electron chi connectivity index (χ3n) is 4.65. The van der Waals surface area contributed by atoms with Crippen molar-refractivity contribution in [2.45, 2.75) is 6.92 Å². The number of hydrogen-bond acceptors (Lipinski definition) is 2. The summed E-state index contributed by atoms with van der Waals surface area (Å²) in [4.78, 5) is 0. The topological polar surface area (TPSA) is 40.5 Å². The van der Waals surface area contributed by atoms with Crippen LogP contribution in [0.1, 0.15) is 5.56 Å². The van der Waals surface area contributed by atoms with Gasteiger partial charge in [0.15, 0.2) is 0 Å². The van der Waals surface area contributed by atoms with Crippen LogP contribution in [-0.4, -0.2) is 17.2 Å². The zero-order chi connectivity index (χ0) is 16.7. The van der Waals surface area contributed by atoms with Gasteiger partial charge >= 0.3 is 7.12 Å². The molecular formula is C21H17BO2. The predicted octanol–water partition coefficient (Wildman–Crippen LogP) is 3.65. The standard InChI is InChI=1S/C21H17BO2/c1-14-8-2-3-9-15(14)20-16-10-4-6-12-18(16)21(22(23)24)19-13-7-5-11-17(19)20/h2-13,23-24H,1H3. The average molecular weight is 312 g/mol. The highest BCUT2D eigenvalue weighted by atomic mass is 16.4. The van der Waals surface area contributed by atoms with Crippen molar-refractivity contribution in [1.82, 2.24) is 0 Å². The van der Waals surface area contributed by atoms with Crippen LogP contribution >= 0.6 is 0 Å². The van der Waals surface area contributed by atoms with Gasteiger partial charge in [-0.2, -0.15) is 0 Å². The molecule has 4 rings (SSSR count). The molecule has 0 aliphatic heterocycles. The van der Waals surface area contributed by atoms with E-state index in [0.717, 1.165) is 27.1 Å². The Labute approximate surface area is 141 Å². The molecule has 2 N–H and O–H groups in total. The van der Waals surface area contributed by atoms with Gasteiger partial charge in [0.1, 0.15) is 0 Å². The van der Waals surface area contributed by atoms with Crippen LogP contribution in [0.25, 0.3) is 32.7 Å². The van der Waals surface area contributed by atoms with Gasteiger partial charge in [0.2, 0.25) is 0 Å². The van der Waals surface area contributed by atoms with Crippen molar-refractivity contribution in [3.8, 4) is 11.1 Å². The zero-order valence-electron chi connectivity index (χ0n) is 13.4. The number of aryl methyl sites for hydroxylation is 1. The lowest BCUT2D eigenvalue weighted by Crippen LogP contribution is -2.31. The lowest BCUT2D eigenvalue weighted by molar-refractivity contribution is 0.426. The molecule has 0 heterocycles. The Morgan fingerprint density at radius 3 is 1.58 bits per heavy atom. The van der Waals surface area contributed by atoms with Gasteiger partial charge in [0.05, 0.1) is 0 Å². The van der Waals surface area contributed by atoms with Crippen LogP contribution < -0.4 is 5.46 Å². The van der Waals surface area contributed by atoms with E-state index in [1.165, 1.54) is 11.1 Å². The lowest BCUT2D eigenvalue weighted by atomic mass is 9.72. The van der Waals surface area contributed by atoms with E-state index in [4.69, 9.17) is 0 Å². The summed E-state index contributed by atoms with van der Waals surface area (Å²) < 4.78 is 0. The zero-order valence-corrected chi connectivity index (χ0v) is 13.4. The van der Waals surface area contributed by atoms with Crippen molar-refractivity contribution in [2.75, 3.05) is 0 Å². The molecule has 0 amide bonds. The molecule has 4 aromatic rings. The van der Waals surface area contributed by atoms with Gasteiger partial charge in [-0.25, -0.2) is 0 Å². The second kappa shape index (κ2) is 5.79. The van der Waals surface area contributed by atoms with E-state index in [0.29, 0.717) is 5.46 Å². The summed E-state index contributed by atoms with van der Waals surface area (Å²) in [5.41, 5.74) is 4.08. The van der Waals surface area contributed by atoms with Crippen LogP contribution in [0.2, 0.25) is 0 Å². The number of rotatable bonds is 2. The van der Waals surface area contributed by atoms with E-state index < -0.39 is 7.12 Å². The highest BCUT2D eigenvalue weighted by Gasteiger charge is 2.22. The maximum absolute atomic E-state index is 9.99. The molecular weight excluding hydrogens is 295 g/mol. The summed E-state index contributed by atoms with van der Waals surface area (Å²) in [5, 5.41) is 23.8. The second-order valence-corrected chi connectivity index (χ2v) is 6.07. The van der Waals surface area contributed by atoms with Crippen LogP contribution in [0.3, 0.4) is 0 Å². The monoisotopic (exact) mass is 312 g/mol. The second-order valence-electron chi connectivity index (χ2n) is 6.07. The van der Waals surface area contributed by atoms with Gasteiger partial charge in [-0.15, -0.1) is 0 Å². The Balaban J connectivity index is 2.28. The average Bonchev–Trinajstić information content (AvgIpc) is 2.60. The summed E-state index contributed by atoms with van der Waals surface area (Å²) in [6.07, 6.45) is 0. The van der Waals surface area contributed by atoms with Gasteiger partial charge < -0.3 is 10.0 Å². The lowest BCUT2D eigenvalue weighted by Gasteiger charge is -2.18. The summed E-state index contributed by atoms with van der Waals surface area (Å²) >= 11 is 0. The molecule has 0 spiro atoms. The van der Waals surface area contributed by atoms with Gasteiger partial charge in [0.25, 0.3) is 0 Å². The summed E-state index contributed by atoms with van der Waals surface area (Å²) in [6.45, 7) is 2.10. The summed E-state index contributed by atoms with van der Waals surface area (Å²) in [5.74, 6) is 0. The third kappa shape index (κ3) is 2.22. The summed E-state index contributed by atoms with van der Waals surface area (Å²) in [7, 11) is -1.51. The van der Waals surface area contributed by atoms with Crippen molar-refractivity contribution in [3.05, 3.63) is 78.4 Å². The van der Waals surface area contributed by atoms with Crippen LogP contribution in [0.4, 0.5) is 0 Å². The maximum atomic E-state index is 9.99. The highest BCUT2D eigenvalue weighted by Crippen LogP contribution is 2.36. The molecule has 0 unspecified atom stereocenters. The van der Waals surface area contributed by atoms with Gasteiger partial charge in [0, 0.05) is 0 Å². The molecule has 0 atom stereocenters. The molecule has 0 aliphatic carbocycles. The highest BCUT2D eigenvalue weighted by molar-refractivity contribution is 6.66. The molecule has 24 heavy (non-hydrogen) atoms. The van der Waals surface area contributed by atoms with Crippen LogP contribution in [0, 0.1) is 6.92 Å². The smallest absolute Gasteiger partial charge is 0.423 e. The first-order valence-electron chi connectivity index (χ1n) is 8.04. The van der Waals surface area contributed by atoms with E-state index in [2.05, 4.69) is 31.2 Å². The molecule has 2 nitrogen and oxygen atoms in total. The van der Waals surface area contributed by atoms with E-state index in [9.17, 15) is 10.0 Å². The van der Waals surface area contributed by atoms with Crippen LogP contribution in [-0.2, 0) is 0 Å². The predicted molar refractivity (Wildman–Crippen MR) is 101 cm³/mol. The number of fused-ring (bicyclic) bond motifs is 2. The van der Waals surface area contributed by atoms with Crippen LogP contribution in [0.15, 0.2) is 72.8 Å². The first-order chi connectivity index (χ1) is 11.7. The Bertz CT molecular complexity index is 997. The molecule has 116 valence electrons. The van der Waals surface area contributed by atoms with Crippen molar-refractivity contribution < 1.29 is 10.0 Å². The Hall–Kier alpha value is -2.62. The fraction of sp³-hybridized carbons (Fsp3) is 0.0476.